The number of hydrogen-bond donors (Lipinski definition) is 1. The van der Waals surface area contributed by atoms with Crippen LogP contribution in [0.15, 0.2) is 42.9 Å². The molecule has 7 nitrogen and oxygen atoms in total. The van der Waals surface area contributed by atoms with Gasteiger partial charge in [-0.25, -0.2) is 9.78 Å². The average Bonchev–Trinajstić information content (AvgIpc) is 2.60. The molecule has 0 aliphatic heterocycles. The highest BCUT2D eigenvalue weighted by Crippen LogP contribution is 2.07. The van der Waals surface area contributed by atoms with Gasteiger partial charge in [-0.1, -0.05) is 24.3 Å². The minimum atomic E-state index is -0.691. The Bertz CT molecular complexity index is 714. The molecular weight excluding hydrogens is 310 g/mol. The van der Waals surface area contributed by atoms with Crippen LogP contribution in [-0.2, 0) is 16.0 Å². The summed E-state index contributed by atoms with van der Waals surface area (Å²) in [5.41, 5.74) is 1.50. The quantitative estimate of drug-likeness (QED) is 0.606. The smallest absolute Gasteiger partial charge is 0.358 e. The third-order valence-electron chi connectivity index (χ3n) is 3.17. The molecule has 7 heteroatoms. The number of amides is 1. The Kier molecular flexibility index (Phi) is 6.13. The third-order valence-corrected chi connectivity index (χ3v) is 3.17. The van der Waals surface area contributed by atoms with E-state index in [4.69, 9.17) is 4.74 Å². The second-order valence-corrected chi connectivity index (χ2v) is 5.02. The molecular formula is C17H17N3O4. The minimum Gasteiger partial charge on any atom is -0.453 e. The van der Waals surface area contributed by atoms with E-state index in [1.165, 1.54) is 25.5 Å². The van der Waals surface area contributed by atoms with Crippen molar-refractivity contribution in [2.75, 3.05) is 13.2 Å². The predicted molar refractivity (Wildman–Crippen MR) is 85.5 cm³/mol. The van der Waals surface area contributed by atoms with Crippen molar-refractivity contribution in [2.45, 2.75) is 13.3 Å². The zero-order chi connectivity index (χ0) is 17.4. The molecule has 1 aromatic heterocycles. The maximum absolute atomic E-state index is 12.0. The van der Waals surface area contributed by atoms with Crippen LogP contribution in [0.5, 0.6) is 0 Å². The van der Waals surface area contributed by atoms with Gasteiger partial charge in [-0.15, -0.1) is 0 Å². The standard InChI is InChI=1S/C17H17N3O4/c1-12(21)19-7-6-13-2-4-14(5-3-13)16(22)11-24-17(23)15-10-18-8-9-20-15/h2-5,8-10H,6-7,11H2,1H3,(H,19,21). The molecule has 2 rings (SSSR count). The Hall–Kier alpha value is -3.09. The van der Waals surface area contributed by atoms with Crippen LogP contribution in [0.25, 0.3) is 0 Å². The molecule has 1 N–H and O–H groups in total. The van der Waals surface area contributed by atoms with Gasteiger partial charge >= 0.3 is 5.97 Å². The Morgan fingerprint density at radius 3 is 2.50 bits per heavy atom. The summed E-state index contributed by atoms with van der Waals surface area (Å²) in [5.74, 6) is -1.07. The average molecular weight is 327 g/mol. The fourth-order valence-corrected chi connectivity index (χ4v) is 1.93. The number of ketones is 1. The number of benzene rings is 1. The van der Waals surface area contributed by atoms with Crippen molar-refractivity contribution >= 4 is 17.7 Å². The van der Waals surface area contributed by atoms with Crippen molar-refractivity contribution in [1.82, 2.24) is 15.3 Å². The third kappa shape index (κ3) is 5.28. The van der Waals surface area contributed by atoms with Crippen molar-refractivity contribution in [3.63, 3.8) is 0 Å². The molecule has 0 saturated carbocycles. The molecule has 0 unspecified atom stereocenters. The normalized spacial score (nSPS) is 10.0. The monoisotopic (exact) mass is 327 g/mol. The largest absolute Gasteiger partial charge is 0.453 e. The van der Waals surface area contributed by atoms with Gasteiger partial charge in [0.25, 0.3) is 0 Å². The van der Waals surface area contributed by atoms with Crippen molar-refractivity contribution in [3.8, 4) is 0 Å². The van der Waals surface area contributed by atoms with Crippen molar-refractivity contribution < 1.29 is 19.1 Å². The van der Waals surface area contributed by atoms with E-state index in [-0.39, 0.29) is 24.0 Å². The summed E-state index contributed by atoms with van der Waals surface area (Å²) in [5, 5.41) is 2.71. The Morgan fingerprint density at radius 1 is 1.12 bits per heavy atom. The molecule has 0 radical (unpaired) electrons. The summed E-state index contributed by atoms with van der Waals surface area (Å²) < 4.78 is 4.93. The molecule has 1 aromatic carbocycles. The lowest BCUT2D eigenvalue weighted by molar-refractivity contribution is -0.118. The Morgan fingerprint density at radius 2 is 1.88 bits per heavy atom. The van der Waals surface area contributed by atoms with Gasteiger partial charge in [0.1, 0.15) is 0 Å². The van der Waals surface area contributed by atoms with Crippen molar-refractivity contribution in [2.24, 2.45) is 0 Å². The van der Waals surface area contributed by atoms with Crippen LogP contribution < -0.4 is 5.32 Å². The maximum Gasteiger partial charge on any atom is 0.358 e. The molecule has 0 atom stereocenters. The fraction of sp³-hybridized carbons (Fsp3) is 0.235. The Labute approximate surface area is 139 Å². The number of Topliss-reactive ketones (excluding diaryl/α,β-unsaturated/α-hetero) is 1. The summed E-state index contributed by atoms with van der Waals surface area (Å²) in [7, 11) is 0. The molecule has 1 amide bonds. The van der Waals surface area contributed by atoms with E-state index < -0.39 is 5.97 Å². The fourth-order valence-electron chi connectivity index (χ4n) is 1.93. The molecule has 124 valence electrons. The van der Waals surface area contributed by atoms with Gasteiger partial charge in [-0.3, -0.25) is 14.6 Å². The zero-order valence-corrected chi connectivity index (χ0v) is 13.2. The molecule has 0 spiro atoms. The number of carbonyl (C=O) groups is 3. The van der Waals surface area contributed by atoms with Crippen LogP contribution in [0.4, 0.5) is 0 Å². The van der Waals surface area contributed by atoms with Gasteiger partial charge in [0, 0.05) is 31.4 Å². The number of hydrogen-bond acceptors (Lipinski definition) is 6. The van der Waals surface area contributed by atoms with Gasteiger partial charge in [-0.2, -0.15) is 0 Å². The van der Waals surface area contributed by atoms with Gasteiger partial charge in [-0.05, 0) is 12.0 Å². The zero-order valence-electron chi connectivity index (χ0n) is 13.2. The highest BCUT2D eigenvalue weighted by atomic mass is 16.5. The highest BCUT2D eigenvalue weighted by Gasteiger charge is 2.12. The van der Waals surface area contributed by atoms with E-state index in [2.05, 4.69) is 15.3 Å². The van der Waals surface area contributed by atoms with Crippen LogP contribution in [-0.4, -0.2) is 40.8 Å². The van der Waals surface area contributed by atoms with Crippen LogP contribution >= 0.6 is 0 Å². The SMILES string of the molecule is CC(=O)NCCc1ccc(C(=O)COC(=O)c2cnccn2)cc1. The Balaban J connectivity index is 1.84. The molecule has 24 heavy (non-hydrogen) atoms. The number of nitrogens with one attached hydrogen (secondary N) is 1. The lowest BCUT2D eigenvalue weighted by Gasteiger charge is -2.06. The first kappa shape index (κ1) is 17.3. The second-order valence-electron chi connectivity index (χ2n) is 5.02. The topological polar surface area (TPSA) is 98.2 Å². The van der Waals surface area contributed by atoms with E-state index in [0.29, 0.717) is 18.5 Å². The van der Waals surface area contributed by atoms with Crippen LogP contribution in [0.1, 0.15) is 33.3 Å². The van der Waals surface area contributed by atoms with Gasteiger partial charge in [0.15, 0.2) is 18.1 Å². The number of aromatic nitrogens is 2. The van der Waals surface area contributed by atoms with E-state index in [1.807, 2.05) is 0 Å². The van der Waals surface area contributed by atoms with Crippen LogP contribution in [0, 0.1) is 0 Å². The van der Waals surface area contributed by atoms with Crippen molar-refractivity contribution in [1.29, 1.82) is 0 Å². The molecule has 1 heterocycles. The van der Waals surface area contributed by atoms with Crippen molar-refractivity contribution in [3.05, 3.63) is 59.7 Å². The number of esters is 1. The number of ether oxygens (including phenoxy) is 1. The molecule has 0 saturated heterocycles. The van der Waals surface area contributed by atoms with Crippen LogP contribution in [0.3, 0.4) is 0 Å². The molecule has 0 bridgehead atoms. The maximum atomic E-state index is 12.0. The summed E-state index contributed by atoms with van der Waals surface area (Å²) in [6.45, 7) is 1.64. The number of nitrogens with zero attached hydrogens (tertiary/aromatic N) is 2. The summed E-state index contributed by atoms with van der Waals surface area (Å²) in [4.78, 5) is 42.1. The van der Waals surface area contributed by atoms with E-state index >= 15 is 0 Å². The predicted octanol–water partition coefficient (Wildman–Crippen LogP) is 1.19. The molecule has 2 aromatic rings. The summed E-state index contributed by atoms with van der Waals surface area (Å²) >= 11 is 0. The van der Waals surface area contributed by atoms with Gasteiger partial charge in [0.2, 0.25) is 5.91 Å². The lowest BCUT2D eigenvalue weighted by atomic mass is 10.1. The van der Waals surface area contributed by atoms with E-state index in [0.717, 1.165) is 5.56 Å². The highest BCUT2D eigenvalue weighted by molar-refractivity contribution is 5.99. The number of carbonyl (C=O) groups excluding carboxylic acids is 3. The molecule has 0 fully saturated rings. The van der Waals surface area contributed by atoms with Gasteiger partial charge in [0.05, 0.1) is 6.20 Å². The minimum absolute atomic E-state index is 0.0543. The lowest BCUT2D eigenvalue weighted by Crippen LogP contribution is -2.22. The summed E-state index contributed by atoms with van der Waals surface area (Å²) in [6.07, 6.45) is 4.76. The van der Waals surface area contributed by atoms with Crippen LogP contribution in [0.2, 0.25) is 0 Å². The summed E-state index contributed by atoms with van der Waals surface area (Å²) in [6, 6.07) is 6.95. The first-order valence-electron chi connectivity index (χ1n) is 7.36. The first-order valence-corrected chi connectivity index (χ1v) is 7.36. The van der Waals surface area contributed by atoms with Gasteiger partial charge < -0.3 is 10.1 Å². The van der Waals surface area contributed by atoms with E-state index in [9.17, 15) is 14.4 Å². The molecule has 0 aliphatic rings. The number of rotatable bonds is 7. The first-order chi connectivity index (χ1) is 11.6. The second kappa shape index (κ2) is 8.52. The molecule has 0 aliphatic carbocycles. The van der Waals surface area contributed by atoms with E-state index in [1.54, 1.807) is 24.3 Å².